The first-order valence-corrected chi connectivity index (χ1v) is 10.4. The van der Waals surface area contributed by atoms with Crippen LogP contribution >= 0.6 is 35.3 Å². The van der Waals surface area contributed by atoms with Gasteiger partial charge >= 0.3 is 0 Å². The molecule has 0 spiro atoms. The minimum Gasteiger partial charge on any atom is -0.356 e. The number of aryl methyl sites for hydroxylation is 2. The molecule has 1 aliphatic heterocycles. The maximum Gasteiger partial charge on any atom is 0.191 e. The predicted octanol–water partition coefficient (Wildman–Crippen LogP) is 3.45. The molecule has 0 aromatic carbocycles. The second-order valence-corrected chi connectivity index (χ2v) is 8.83. The zero-order chi connectivity index (χ0) is 18.2. The van der Waals surface area contributed by atoms with Crippen LogP contribution in [0.4, 0.5) is 0 Å². The Labute approximate surface area is 180 Å². The van der Waals surface area contributed by atoms with Crippen LogP contribution in [0.2, 0.25) is 0 Å². The van der Waals surface area contributed by atoms with Gasteiger partial charge in [-0.2, -0.15) is 0 Å². The molecule has 1 atom stereocenters. The van der Waals surface area contributed by atoms with E-state index < -0.39 is 0 Å². The number of rotatable bonds is 7. The van der Waals surface area contributed by atoms with Gasteiger partial charge in [0.2, 0.25) is 0 Å². The summed E-state index contributed by atoms with van der Waals surface area (Å²) in [7, 11) is 1.85. The van der Waals surface area contributed by atoms with Crippen molar-refractivity contribution in [1.29, 1.82) is 0 Å². The van der Waals surface area contributed by atoms with Crippen molar-refractivity contribution in [3.05, 3.63) is 15.6 Å². The molecule has 0 radical (unpaired) electrons. The Morgan fingerprint density at radius 2 is 2.12 bits per heavy atom. The van der Waals surface area contributed by atoms with Crippen molar-refractivity contribution >= 4 is 41.3 Å². The number of hydrogen-bond donors (Lipinski definition) is 2. The maximum absolute atomic E-state index is 4.60. The highest BCUT2D eigenvalue weighted by Crippen LogP contribution is 2.17. The van der Waals surface area contributed by atoms with Crippen LogP contribution < -0.4 is 10.6 Å². The SMILES string of the molecule is CN=C(NCCc1nc(C)c(C)s1)NCC1CCCN(CC(C)C)C1.I. The largest absolute Gasteiger partial charge is 0.356 e. The number of thiazole rings is 1. The quantitative estimate of drug-likeness (QED) is 0.347. The molecule has 0 aliphatic carbocycles. The van der Waals surface area contributed by atoms with Crippen LogP contribution in [0.1, 0.15) is 42.3 Å². The Morgan fingerprint density at radius 3 is 2.73 bits per heavy atom. The summed E-state index contributed by atoms with van der Waals surface area (Å²) >= 11 is 1.80. The first kappa shape index (κ1) is 23.6. The third-order valence-electron chi connectivity index (χ3n) is 4.71. The second-order valence-electron chi connectivity index (χ2n) is 7.54. The van der Waals surface area contributed by atoms with Crippen molar-refractivity contribution in [3.63, 3.8) is 0 Å². The van der Waals surface area contributed by atoms with Crippen molar-refractivity contribution in [2.24, 2.45) is 16.8 Å². The molecule has 2 rings (SSSR count). The Hall–Kier alpha value is -0.410. The van der Waals surface area contributed by atoms with Crippen LogP contribution in [0, 0.1) is 25.7 Å². The van der Waals surface area contributed by atoms with Gasteiger partial charge < -0.3 is 15.5 Å². The lowest BCUT2D eigenvalue weighted by Gasteiger charge is -2.34. The summed E-state index contributed by atoms with van der Waals surface area (Å²) in [5.41, 5.74) is 1.16. The molecule has 1 saturated heterocycles. The number of likely N-dealkylation sites (tertiary alicyclic amines) is 1. The summed E-state index contributed by atoms with van der Waals surface area (Å²) in [6.07, 6.45) is 3.58. The minimum atomic E-state index is 0. The molecule has 1 aromatic heterocycles. The van der Waals surface area contributed by atoms with E-state index in [-0.39, 0.29) is 24.0 Å². The Morgan fingerprint density at radius 1 is 1.35 bits per heavy atom. The van der Waals surface area contributed by atoms with E-state index in [9.17, 15) is 0 Å². The van der Waals surface area contributed by atoms with Crippen LogP contribution in [0.3, 0.4) is 0 Å². The van der Waals surface area contributed by atoms with Crippen molar-refractivity contribution < 1.29 is 0 Å². The van der Waals surface area contributed by atoms with E-state index in [4.69, 9.17) is 0 Å². The fourth-order valence-corrected chi connectivity index (χ4v) is 4.33. The molecule has 1 aromatic rings. The molecule has 0 bridgehead atoms. The average molecular weight is 494 g/mol. The van der Waals surface area contributed by atoms with Gasteiger partial charge in [0.15, 0.2) is 5.96 Å². The van der Waals surface area contributed by atoms with Crippen molar-refractivity contribution in [3.8, 4) is 0 Å². The third-order valence-corrected chi connectivity index (χ3v) is 5.85. The Bertz CT molecular complexity index is 539. The fourth-order valence-electron chi connectivity index (χ4n) is 3.40. The molecule has 2 heterocycles. The molecular weight excluding hydrogens is 457 g/mol. The van der Waals surface area contributed by atoms with E-state index in [0.717, 1.165) is 43.0 Å². The van der Waals surface area contributed by atoms with E-state index in [0.29, 0.717) is 0 Å². The zero-order valence-corrected chi connectivity index (χ0v) is 20.1. The molecule has 5 nitrogen and oxygen atoms in total. The van der Waals surface area contributed by atoms with Gasteiger partial charge in [-0.1, -0.05) is 13.8 Å². The number of halogens is 1. The molecule has 26 heavy (non-hydrogen) atoms. The van der Waals surface area contributed by atoms with Gasteiger partial charge in [0.05, 0.1) is 10.7 Å². The normalized spacial score (nSPS) is 18.7. The number of aromatic nitrogens is 1. The lowest BCUT2D eigenvalue weighted by Crippen LogP contribution is -2.45. The van der Waals surface area contributed by atoms with Crippen molar-refractivity contribution in [1.82, 2.24) is 20.5 Å². The van der Waals surface area contributed by atoms with Crippen LogP contribution in [0.25, 0.3) is 0 Å². The molecule has 150 valence electrons. The van der Waals surface area contributed by atoms with Crippen LogP contribution in [0.5, 0.6) is 0 Å². The van der Waals surface area contributed by atoms with E-state index in [1.54, 1.807) is 11.3 Å². The van der Waals surface area contributed by atoms with Gasteiger partial charge in [0.1, 0.15) is 0 Å². The molecule has 0 amide bonds. The summed E-state index contributed by atoms with van der Waals surface area (Å²) in [6.45, 7) is 14.4. The van der Waals surface area contributed by atoms with Crippen LogP contribution in [-0.2, 0) is 6.42 Å². The predicted molar refractivity (Wildman–Crippen MR) is 124 cm³/mol. The second kappa shape index (κ2) is 12.1. The number of nitrogens with one attached hydrogen (secondary N) is 2. The fraction of sp³-hybridized carbons (Fsp3) is 0.789. The Kier molecular flexibility index (Phi) is 11.0. The zero-order valence-electron chi connectivity index (χ0n) is 17.0. The number of nitrogens with zero attached hydrogens (tertiary/aromatic N) is 3. The minimum absolute atomic E-state index is 0. The molecule has 0 saturated carbocycles. The van der Waals surface area contributed by atoms with Gasteiger partial charge in [-0.15, -0.1) is 35.3 Å². The number of guanidine groups is 1. The number of aliphatic imine (C=N–C) groups is 1. The van der Waals surface area contributed by atoms with Crippen molar-refractivity contribution in [2.75, 3.05) is 39.8 Å². The first-order chi connectivity index (χ1) is 12.0. The molecular formula is C19H36IN5S. The van der Waals surface area contributed by atoms with Gasteiger partial charge in [-0.3, -0.25) is 4.99 Å². The van der Waals surface area contributed by atoms with E-state index in [1.165, 1.54) is 42.4 Å². The average Bonchev–Trinajstić information content (AvgIpc) is 2.88. The highest BCUT2D eigenvalue weighted by Gasteiger charge is 2.20. The molecule has 7 heteroatoms. The van der Waals surface area contributed by atoms with Crippen LogP contribution in [0.15, 0.2) is 4.99 Å². The highest BCUT2D eigenvalue weighted by molar-refractivity contribution is 14.0. The summed E-state index contributed by atoms with van der Waals surface area (Å²) in [6, 6.07) is 0. The third kappa shape index (κ3) is 8.08. The summed E-state index contributed by atoms with van der Waals surface area (Å²) in [4.78, 5) is 12.9. The smallest absolute Gasteiger partial charge is 0.191 e. The maximum atomic E-state index is 4.60. The van der Waals surface area contributed by atoms with E-state index in [2.05, 4.69) is 53.2 Å². The first-order valence-electron chi connectivity index (χ1n) is 9.57. The molecule has 1 fully saturated rings. The van der Waals surface area contributed by atoms with E-state index in [1.807, 2.05) is 7.05 Å². The van der Waals surface area contributed by atoms with E-state index >= 15 is 0 Å². The summed E-state index contributed by atoms with van der Waals surface area (Å²) in [5.74, 6) is 2.38. The number of piperidine rings is 1. The van der Waals surface area contributed by atoms with Gasteiger partial charge in [-0.25, -0.2) is 4.98 Å². The van der Waals surface area contributed by atoms with Gasteiger partial charge in [0, 0.05) is 44.5 Å². The lowest BCUT2D eigenvalue weighted by molar-refractivity contribution is 0.159. The summed E-state index contributed by atoms with van der Waals surface area (Å²) < 4.78 is 0. The molecule has 1 aliphatic rings. The highest BCUT2D eigenvalue weighted by atomic mass is 127. The van der Waals surface area contributed by atoms with Crippen LogP contribution in [-0.4, -0.2) is 55.6 Å². The van der Waals surface area contributed by atoms with Gasteiger partial charge in [-0.05, 0) is 45.1 Å². The monoisotopic (exact) mass is 493 g/mol. The number of hydrogen-bond acceptors (Lipinski definition) is 4. The van der Waals surface area contributed by atoms with Crippen molar-refractivity contribution in [2.45, 2.75) is 47.0 Å². The standard InChI is InChI=1S/C19H35N5S.HI/c1-14(2)12-24-10-6-7-17(13-24)11-22-19(20-5)21-9-8-18-23-15(3)16(4)25-18;/h14,17H,6-13H2,1-5H3,(H2,20,21,22);1H. The molecule has 2 N–H and O–H groups in total. The summed E-state index contributed by atoms with van der Waals surface area (Å²) in [5, 5.41) is 8.14. The lowest BCUT2D eigenvalue weighted by atomic mass is 9.97. The molecule has 1 unspecified atom stereocenters. The Balaban J connectivity index is 0.00000338. The topological polar surface area (TPSA) is 52.6 Å². The van der Waals surface area contributed by atoms with Gasteiger partial charge in [0.25, 0.3) is 0 Å².